The van der Waals surface area contributed by atoms with E-state index in [4.69, 9.17) is 0 Å². The topological polar surface area (TPSA) is 32.9 Å². The third-order valence-corrected chi connectivity index (χ3v) is 2.93. The van der Waals surface area contributed by atoms with Gasteiger partial charge in [-0.25, -0.2) is 0 Å². The van der Waals surface area contributed by atoms with Crippen molar-refractivity contribution >= 4 is 15.9 Å². The van der Waals surface area contributed by atoms with E-state index in [2.05, 4.69) is 27.8 Å². The van der Waals surface area contributed by atoms with E-state index >= 15 is 0 Å². The fourth-order valence-electron chi connectivity index (χ4n) is 1.41. The number of hydrogen-bond acceptors (Lipinski definition) is 1. The van der Waals surface area contributed by atoms with Gasteiger partial charge in [0.05, 0.1) is 5.56 Å². The fraction of sp³-hybridized carbons (Fsp3) is 0.0714. The van der Waals surface area contributed by atoms with E-state index in [-0.39, 0.29) is 5.56 Å². The summed E-state index contributed by atoms with van der Waals surface area (Å²) >= 11 is 3.27. The molecular weight excluding hydrogens is 335 g/mol. The SMILES string of the molecule is O=c1[nH]c(C(F)(F)F)ccc1C#Cc1ccc(Br)cc1. The summed E-state index contributed by atoms with van der Waals surface area (Å²) in [6.07, 6.45) is -4.57. The lowest BCUT2D eigenvalue weighted by atomic mass is 10.2. The molecule has 0 unspecified atom stereocenters. The molecule has 20 heavy (non-hydrogen) atoms. The molecule has 0 aliphatic heterocycles. The van der Waals surface area contributed by atoms with Crippen LogP contribution in [0.25, 0.3) is 0 Å². The number of hydrogen-bond donors (Lipinski definition) is 1. The maximum Gasteiger partial charge on any atom is 0.431 e. The molecular formula is C14H7BrF3NO. The number of aromatic nitrogens is 1. The average Bonchev–Trinajstić information content (AvgIpc) is 2.38. The summed E-state index contributed by atoms with van der Waals surface area (Å²) in [5, 5.41) is 0. The third-order valence-electron chi connectivity index (χ3n) is 2.40. The van der Waals surface area contributed by atoms with Gasteiger partial charge in [0.15, 0.2) is 0 Å². The van der Waals surface area contributed by atoms with Gasteiger partial charge in [-0.05, 0) is 36.4 Å². The van der Waals surface area contributed by atoms with Crippen LogP contribution in [0.4, 0.5) is 13.2 Å². The molecule has 1 aromatic heterocycles. The van der Waals surface area contributed by atoms with E-state index in [9.17, 15) is 18.0 Å². The number of alkyl halides is 3. The molecule has 2 rings (SSSR count). The molecule has 1 aromatic carbocycles. The summed E-state index contributed by atoms with van der Waals surface area (Å²) < 4.78 is 38.0. The highest BCUT2D eigenvalue weighted by Crippen LogP contribution is 2.26. The van der Waals surface area contributed by atoms with Crippen molar-refractivity contribution in [1.29, 1.82) is 0 Å². The van der Waals surface area contributed by atoms with E-state index in [1.54, 1.807) is 29.2 Å². The molecule has 6 heteroatoms. The Labute approximate surface area is 120 Å². The molecule has 0 spiro atoms. The largest absolute Gasteiger partial charge is 0.431 e. The number of aromatic amines is 1. The smallest absolute Gasteiger partial charge is 0.317 e. The highest BCUT2D eigenvalue weighted by Gasteiger charge is 2.31. The molecule has 0 saturated carbocycles. The summed E-state index contributed by atoms with van der Waals surface area (Å²) in [4.78, 5) is 13.3. The minimum atomic E-state index is -4.57. The molecule has 0 amide bonds. The van der Waals surface area contributed by atoms with Crippen molar-refractivity contribution < 1.29 is 13.2 Å². The number of nitrogens with one attached hydrogen (secondary N) is 1. The van der Waals surface area contributed by atoms with Crippen LogP contribution in [0.5, 0.6) is 0 Å². The summed E-state index contributed by atoms with van der Waals surface area (Å²) in [6, 6.07) is 8.88. The molecule has 2 nitrogen and oxygen atoms in total. The van der Waals surface area contributed by atoms with E-state index in [1.165, 1.54) is 0 Å². The van der Waals surface area contributed by atoms with Gasteiger partial charge in [0.2, 0.25) is 0 Å². The van der Waals surface area contributed by atoms with Crippen LogP contribution < -0.4 is 5.56 Å². The number of pyridine rings is 1. The second kappa shape index (κ2) is 5.55. The molecule has 0 radical (unpaired) electrons. The van der Waals surface area contributed by atoms with Crippen molar-refractivity contribution in [2.24, 2.45) is 0 Å². The Kier molecular flexibility index (Phi) is 4.00. The molecule has 0 atom stereocenters. The van der Waals surface area contributed by atoms with E-state index in [0.29, 0.717) is 5.56 Å². The normalized spacial score (nSPS) is 10.8. The summed E-state index contributed by atoms with van der Waals surface area (Å²) in [7, 11) is 0. The van der Waals surface area contributed by atoms with Crippen LogP contribution in [0, 0.1) is 11.8 Å². The standard InChI is InChI=1S/C14H7BrF3NO/c15-11-6-2-9(3-7-11)1-4-10-5-8-12(14(16,17)18)19-13(10)20/h2-3,5-8H,(H,19,20). The lowest BCUT2D eigenvalue weighted by Gasteiger charge is -2.05. The predicted molar refractivity (Wildman–Crippen MR) is 72.2 cm³/mol. The highest BCUT2D eigenvalue weighted by atomic mass is 79.9. The van der Waals surface area contributed by atoms with Gasteiger partial charge in [-0.3, -0.25) is 4.79 Å². The van der Waals surface area contributed by atoms with Gasteiger partial charge in [0.25, 0.3) is 5.56 Å². The van der Waals surface area contributed by atoms with E-state index in [0.717, 1.165) is 16.6 Å². The first kappa shape index (κ1) is 14.4. The number of rotatable bonds is 0. The van der Waals surface area contributed by atoms with Gasteiger partial charge in [-0.15, -0.1) is 0 Å². The van der Waals surface area contributed by atoms with Crippen molar-refractivity contribution in [1.82, 2.24) is 4.98 Å². The Hall–Kier alpha value is -2.00. The zero-order valence-corrected chi connectivity index (χ0v) is 11.5. The average molecular weight is 342 g/mol. The molecule has 0 fully saturated rings. The Bertz CT molecular complexity index is 736. The van der Waals surface area contributed by atoms with Crippen LogP contribution in [0.3, 0.4) is 0 Å². The molecule has 0 aliphatic carbocycles. The minimum absolute atomic E-state index is 0.0130. The van der Waals surface area contributed by atoms with Gasteiger partial charge in [0.1, 0.15) is 5.69 Å². The Morgan fingerprint density at radius 3 is 2.20 bits per heavy atom. The summed E-state index contributed by atoms with van der Waals surface area (Å²) in [6.45, 7) is 0. The molecule has 0 saturated heterocycles. The van der Waals surface area contributed by atoms with Gasteiger partial charge in [0, 0.05) is 10.0 Å². The van der Waals surface area contributed by atoms with E-state index < -0.39 is 17.4 Å². The van der Waals surface area contributed by atoms with Crippen LogP contribution in [0.1, 0.15) is 16.8 Å². The van der Waals surface area contributed by atoms with Crippen LogP contribution in [-0.4, -0.2) is 4.98 Å². The summed E-state index contributed by atoms with van der Waals surface area (Å²) in [5.41, 5.74) is -1.30. The lowest BCUT2D eigenvalue weighted by molar-refractivity contribution is -0.141. The molecule has 1 heterocycles. The first-order valence-electron chi connectivity index (χ1n) is 5.44. The lowest BCUT2D eigenvalue weighted by Crippen LogP contribution is -2.17. The van der Waals surface area contributed by atoms with Crippen molar-refractivity contribution in [2.45, 2.75) is 6.18 Å². The van der Waals surface area contributed by atoms with Crippen LogP contribution >= 0.6 is 15.9 Å². The number of benzene rings is 1. The second-order valence-corrected chi connectivity index (χ2v) is 4.79. The van der Waals surface area contributed by atoms with Gasteiger partial charge in [-0.1, -0.05) is 27.8 Å². The monoisotopic (exact) mass is 341 g/mol. The van der Waals surface area contributed by atoms with Crippen molar-refractivity contribution in [3.8, 4) is 11.8 Å². The van der Waals surface area contributed by atoms with Crippen molar-refractivity contribution in [3.05, 3.63) is 68.0 Å². The maximum atomic E-state index is 12.4. The molecule has 1 N–H and O–H groups in total. The zero-order valence-electron chi connectivity index (χ0n) is 9.88. The molecule has 0 bridgehead atoms. The maximum absolute atomic E-state index is 12.4. The quantitative estimate of drug-likeness (QED) is 0.730. The second-order valence-electron chi connectivity index (χ2n) is 3.87. The first-order valence-corrected chi connectivity index (χ1v) is 6.24. The Morgan fingerprint density at radius 1 is 1.00 bits per heavy atom. The highest BCUT2D eigenvalue weighted by molar-refractivity contribution is 9.10. The molecule has 102 valence electrons. The molecule has 0 aliphatic rings. The van der Waals surface area contributed by atoms with Crippen LogP contribution in [0.15, 0.2) is 45.7 Å². The Balaban J connectivity index is 2.32. The minimum Gasteiger partial charge on any atom is -0.317 e. The first-order chi connectivity index (χ1) is 9.36. The van der Waals surface area contributed by atoms with E-state index in [1.807, 2.05) is 0 Å². The summed E-state index contributed by atoms with van der Waals surface area (Å²) in [5.74, 6) is 5.27. The zero-order chi connectivity index (χ0) is 14.8. The van der Waals surface area contributed by atoms with Gasteiger partial charge in [-0.2, -0.15) is 13.2 Å². The Morgan fingerprint density at radius 2 is 1.65 bits per heavy atom. The van der Waals surface area contributed by atoms with Crippen LogP contribution in [-0.2, 0) is 6.18 Å². The van der Waals surface area contributed by atoms with Gasteiger partial charge >= 0.3 is 6.18 Å². The molecule has 2 aromatic rings. The van der Waals surface area contributed by atoms with Crippen molar-refractivity contribution in [3.63, 3.8) is 0 Å². The van der Waals surface area contributed by atoms with Crippen molar-refractivity contribution in [2.75, 3.05) is 0 Å². The predicted octanol–water partition coefficient (Wildman–Crippen LogP) is 3.56. The fourth-order valence-corrected chi connectivity index (χ4v) is 1.67. The number of H-pyrrole nitrogens is 1. The number of halogens is 4. The third kappa shape index (κ3) is 3.52. The van der Waals surface area contributed by atoms with Crippen LogP contribution in [0.2, 0.25) is 0 Å². The van der Waals surface area contributed by atoms with Gasteiger partial charge < -0.3 is 4.98 Å².